The molecule has 0 unspecified atom stereocenters. The van der Waals surface area contributed by atoms with Crippen LogP contribution >= 0.6 is 38.6 Å². The van der Waals surface area contributed by atoms with Crippen molar-refractivity contribution < 1.29 is 37.2 Å². The van der Waals surface area contributed by atoms with E-state index in [1.54, 1.807) is 46.2 Å². The SMILES string of the molecule is CC(C)(C)OC(=O)N1CC=C(B2OC(C)(C)C(C)(C)O2)CC1.CN(c1nc(-c2ccc(F)cc2)cs1)c1c(/C=C/C#N)nc2ccc(Br)cn12.CN(c1nc(-c2ccc(F)cc2)cs1)c1c(/C=C/C#N)nc2ccc(C3=CCN(C(=O)OC(C)(C)C)CC3)cn12. The molecule has 9 heterocycles. The lowest BCUT2D eigenvalue weighted by Gasteiger charge is -2.32. The van der Waals surface area contributed by atoms with Crippen molar-refractivity contribution in [3.8, 4) is 34.7 Å². The summed E-state index contributed by atoms with van der Waals surface area (Å²) in [7, 11) is 3.50. The fraction of sp³-hybridized carbons (Fsp3) is 0.333. The van der Waals surface area contributed by atoms with E-state index in [4.69, 9.17) is 44.3 Å². The van der Waals surface area contributed by atoms with Crippen molar-refractivity contribution in [2.75, 3.05) is 50.1 Å². The first-order chi connectivity index (χ1) is 42.6. The van der Waals surface area contributed by atoms with Crippen LogP contribution in [0, 0.1) is 34.3 Å². The van der Waals surface area contributed by atoms with Gasteiger partial charge in [0.15, 0.2) is 10.3 Å². The van der Waals surface area contributed by atoms with Gasteiger partial charge in [-0.15, -0.1) is 22.7 Å². The molecule has 1 saturated heterocycles. The van der Waals surface area contributed by atoms with Crippen LogP contribution in [0.2, 0.25) is 0 Å². The minimum absolute atomic E-state index is 0.267. The minimum atomic E-state index is -0.537. The van der Waals surface area contributed by atoms with E-state index >= 15 is 0 Å². The van der Waals surface area contributed by atoms with Gasteiger partial charge < -0.3 is 38.4 Å². The van der Waals surface area contributed by atoms with Crippen molar-refractivity contribution >= 4 is 109 Å². The largest absolute Gasteiger partial charge is 0.490 e. The zero-order valence-corrected chi connectivity index (χ0v) is 55.5. The van der Waals surface area contributed by atoms with E-state index in [0.29, 0.717) is 44.0 Å². The molecule has 90 heavy (non-hydrogen) atoms. The summed E-state index contributed by atoms with van der Waals surface area (Å²) in [4.78, 5) is 50.7. The number of nitrogens with zero attached hydrogens (tertiary/aromatic N) is 12. The number of ether oxygens (including phenoxy) is 2. The molecule has 3 aliphatic heterocycles. The van der Waals surface area contributed by atoms with Gasteiger partial charge in [0, 0.05) is 91.2 Å². The topological polar surface area (TPSA) is 192 Å². The molecule has 11 rings (SSSR count). The smallest absolute Gasteiger partial charge is 0.444 e. The summed E-state index contributed by atoms with van der Waals surface area (Å²) in [6, 6.07) is 24.3. The number of fused-ring (bicyclic) bond motifs is 2. The van der Waals surface area contributed by atoms with Crippen LogP contribution in [0.15, 0.2) is 130 Å². The molecular weight excluding hydrogens is 1250 g/mol. The molecule has 2 amide bonds. The number of pyridine rings is 2. The van der Waals surface area contributed by atoms with Gasteiger partial charge in [-0.1, -0.05) is 12.2 Å². The van der Waals surface area contributed by atoms with E-state index in [0.717, 1.165) is 83.2 Å². The van der Waals surface area contributed by atoms with Crippen molar-refractivity contribution in [1.82, 2.24) is 38.5 Å². The van der Waals surface area contributed by atoms with E-state index < -0.39 is 11.2 Å². The third-order valence-electron chi connectivity index (χ3n) is 15.0. The maximum absolute atomic E-state index is 13.4. The van der Waals surface area contributed by atoms with E-state index in [-0.39, 0.29) is 42.1 Å². The quantitative estimate of drug-likeness (QED) is 0.0927. The van der Waals surface area contributed by atoms with Crippen LogP contribution in [0.3, 0.4) is 0 Å². The molecule has 6 aromatic heterocycles. The highest BCUT2D eigenvalue weighted by Gasteiger charge is 2.52. The van der Waals surface area contributed by atoms with Crippen LogP contribution in [0.5, 0.6) is 0 Å². The first kappa shape index (κ1) is 65.9. The first-order valence-electron chi connectivity index (χ1n) is 29.0. The Kier molecular flexibility index (Phi) is 20.0. The van der Waals surface area contributed by atoms with Crippen LogP contribution in [0.1, 0.15) is 99.0 Å². The molecule has 8 aromatic rings. The van der Waals surface area contributed by atoms with Gasteiger partial charge in [-0.3, -0.25) is 8.80 Å². The summed E-state index contributed by atoms with van der Waals surface area (Å²) in [5, 5.41) is 23.4. The molecule has 24 heteroatoms. The Bertz CT molecular complexity index is 4130. The highest BCUT2D eigenvalue weighted by atomic mass is 79.9. The van der Waals surface area contributed by atoms with Gasteiger partial charge in [0.1, 0.15) is 57.2 Å². The number of carbonyl (C=O) groups is 2. The molecule has 0 radical (unpaired) electrons. The lowest BCUT2D eigenvalue weighted by Crippen LogP contribution is -2.41. The molecule has 0 N–H and O–H groups in total. The Balaban J connectivity index is 0.000000168. The average molecular weight is 1320 g/mol. The number of benzene rings is 2. The third-order valence-corrected chi connectivity index (χ3v) is 17.3. The summed E-state index contributed by atoms with van der Waals surface area (Å²) in [6.07, 6.45) is 15.1. The minimum Gasteiger partial charge on any atom is -0.444 e. The van der Waals surface area contributed by atoms with Gasteiger partial charge in [-0.05, 0) is 200 Å². The molecule has 0 saturated carbocycles. The van der Waals surface area contributed by atoms with Crippen molar-refractivity contribution in [2.24, 2.45) is 0 Å². The van der Waals surface area contributed by atoms with E-state index in [2.05, 4.69) is 27.0 Å². The van der Waals surface area contributed by atoms with Crippen LogP contribution < -0.4 is 9.80 Å². The number of rotatable bonds is 10. The number of hydrogen-bond acceptors (Lipinski definition) is 16. The highest BCUT2D eigenvalue weighted by Crippen LogP contribution is 2.41. The van der Waals surface area contributed by atoms with Crippen LogP contribution in [0.25, 0.3) is 51.5 Å². The summed E-state index contributed by atoms with van der Waals surface area (Å²) >= 11 is 6.44. The molecule has 466 valence electrons. The number of amides is 2. The number of thiazole rings is 2. The predicted octanol–water partition coefficient (Wildman–Crippen LogP) is 15.8. The number of carbonyl (C=O) groups excluding carboxylic acids is 2. The predicted molar refractivity (Wildman–Crippen MR) is 356 cm³/mol. The number of halogens is 3. The molecule has 18 nitrogen and oxygen atoms in total. The second-order valence-corrected chi connectivity index (χ2v) is 27.0. The second kappa shape index (κ2) is 27.3. The molecule has 2 aromatic carbocycles. The number of anilines is 4. The number of aromatic nitrogens is 6. The van der Waals surface area contributed by atoms with E-state index in [1.807, 2.05) is 168 Å². The lowest BCUT2D eigenvalue weighted by molar-refractivity contribution is 0.00578. The van der Waals surface area contributed by atoms with Crippen molar-refractivity contribution in [1.29, 1.82) is 10.5 Å². The Morgan fingerprint density at radius 3 is 1.50 bits per heavy atom. The standard InChI is InChI=1S/C30H29FN6O2S.C20H13BrFN5S.C16H28BNO4/c1-30(2,3)39-29(38)36-16-13-20(14-17-36)22-9-12-26-33-24(6-5-15-32)27(37(26)18-22)35(4)28-34-25(19-40-28)21-7-10-23(31)11-8-21;1-26(20-25-17(12-28-20)13-4-7-15(22)8-5-13)19-16(3-2-10-23)24-18-9-6-14(21)11-27(18)19;1-14(2,3)20-13(19)18-10-8-12(9-11-18)17-21-15(4,5)16(6,7)22-17/h5-13,18-19H,14,16-17H2,1-4H3;2-9,11-12H,1H3;8H,9-11H2,1-7H3/b6-5+;3-2+;. The first-order valence-corrected chi connectivity index (χ1v) is 31.6. The number of nitriles is 2. The average Bonchev–Trinajstić information content (AvgIpc) is 1.68. The molecule has 0 bridgehead atoms. The highest BCUT2D eigenvalue weighted by molar-refractivity contribution is 9.10. The lowest BCUT2D eigenvalue weighted by atomic mass is 9.75. The van der Waals surface area contributed by atoms with Crippen molar-refractivity contribution in [3.63, 3.8) is 0 Å². The molecular formula is C66H70BBrF2N12O6S2. The third kappa shape index (κ3) is 15.7. The summed E-state index contributed by atoms with van der Waals surface area (Å²) in [5.41, 5.74) is 7.58. The summed E-state index contributed by atoms with van der Waals surface area (Å²) in [5.74, 6) is 0.983. The number of allylic oxidation sites excluding steroid dienone is 2. The number of imidazole rings is 2. The number of hydrogen-bond donors (Lipinski definition) is 0. The van der Waals surface area contributed by atoms with Crippen LogP contribution in [0.4, 0.5) is 40.3 Å². The Morgan fingerprint density at radius 2 is 1.08 bits per heavy atom. The Labute approximate surface area is 539 Å². The molecule has 0 atom stereocenters. The van der Waals surface area contributed by atoms with Crippen LogP contribution in [-0.4, -0.2) is 121 Å². The second-order valence-electron chi connectivity index (χ2n) is 24.4. The maximum atomic E-state index is 13.4. The van der Waals surface area contributed by atoms with Gasteiger partial charge in [-0.2, -0.15) is 10.5 Å². The fourth-order valence-corrected chi connectivity index (χ4v) is 11.7. The van der Waals surface area contributed by atoms with Gasteiger partial charge in [0.25, 0.3) is 0 Å². The summed E-state index contributed by atoms with van der Waals surface area (Å²) < 4.78 is 54.5. The van der Waals surface area contributed by atoms with E-state index in [9.17, 15) is 18.4 Å². The van der Waals surface area contributed by atoms with Gasteiger partial charge in [0.2, 0.25) is 0 Å². The molecule has 0 spiro atoms. The fourth-order valence-electron chi connectivity index (χ4n) is 9.72. The van der Waals surface area contributed by atoms with Crippen molar-refractivity contribution in [3.05, 3.63) is 159 Å². The summed E-state index contributed by atoms with van der Waals surface area (Å²) in [6.45, 7) is 21.6. The van der Waals surface area contributed by atoms with Crippen LogP contribution in [-0.2, 0) is 18.8 Å². The van der Waals surface area contributed by atoms with Gasteiger partial charge >= 0.3 is 19.3 Å². The monoisotopic (exact) mass is 1320 g/mol. The zero-order valence-electron chi connectivity index (χ0n) is 52.3. The van der Waals surface area contributed by atoms with Crippen molar-refractivity contribution in [2.45, 2.75) is 104 Å². The zero-order chi connectivity index (χ0) is 64.9. The molecule has 0 aliphatic carbocycles. The molecule has 3 aliphatic rings. The Hall–Kier alpha value is -8.52. The van der Waals surface area contributed by atoms with Gasteiger partial charge in [0.05, 0.1) is 34.7 Å². The maximum Gasteiger partial charge on any atom is 0.490 e. The Morgan fingerprint density at radius 1 is 0.644 bits per heavy atom. The normalized spacial score (nSPS) is 15.6. The molecule has 1 fully saturated rings. The van der Waals surface area contributed by atoms with Gasteiger partial charge in [-0.25, -0.2) is 38.3 Å². The van der Waals surface area contributed by atoms with E-state index in [1.165, 1.54) is 59.1 Å².